The fourth-order valence-electron chi connectivity index (χ4n) is 2.53. The first-order valence-electron chi connectivity index (χ1n) is 8.03. The van der Waals surface area contributed by atoms with Crippen LogP contribution in [0, 0.1) is 13.8 Å². The average Bonchev–Trinajstić information content (AvgIpc) is 3.02. The molecule has 2 heterocycles. The lowest BCUT2D eigenvalue weighted by Crippen LogP contribution is -2.25. The lowest BCUT2D eigenvalue weighted by Gasteiger charge is -2.09. The summed E-state index contributed by atoms with van der Waals surface area (Å²) in [5.41, 5.74) is 4.48. The first-order chi connectivity index (χ1) is 12.4. The second-order valence-electron chi connectivity index (χ2n) is 6.04. The number of anilines is 2. The van der Waals surface area contributed by atoms with Gasteiger partial charge in [0.25, 0.3) is 0 Å². The molecule has 0 saturated carbocycles. The Balaban J connectivity index is 1.83. The number of benzene rings is 1. The highest BCUT2D eigenvalue weighted by Gasteiger charge is 2.14. The molecule has 8 nitrogen and oxygen atoms in total. The maximum atomic E-state index is 10.8. The van der Waals surface area contributed by atoms with Crippen LogP contribution >= 0.6 is 0 Å². The van der Waals surface area contributed by atoms with E-state index in [0.717, 1.165) is 28.1 Å². The molecule has 0 aliphatic heterocycles. The van der Waals surface area contributed by atoms with Crippen molar-refractivity contribution in [1.82, 2.24) is 19.7 Å². The number of hydrogen-bond acceptors (Lipinski definition) is 6. The summed E-state index contributed by atoms with van der Waals surface area (Å²) in [5.74, 6) is -0.760. The van der Waals surface area contributed by atoms with Crippen molar-refractivity contribution in [1.29, 1.82) is 0 Å². The van der Waals surface area contributed by atoms with Gasteiger partial charge in [0.2, 0.25) is 5.95 Å². The minimum absolute atomic E-state index is 0.108. The van der Waals surface area contributed by atoms with Crippen LogP contribution in [-0.2, 0) is 11.3 Å². The molecule has 0 aliphatic carbocycles. The van der Waals surface area contributed by atoms with Crippen LogP contribution in [0.15, 0.2) is 42.9 Å². The number of aromatic nitrogens is 4. The van der Waals surface area contributed by atoms with Gasteiger partial charge in [0.15, 0.2) is 6.10 Å². The van der Waals surface area contributed by atoms with Crippen molar-refractivity contribution >= 4 is 17.6 Å². The third kappa shape index (κ3) is 4.22. The second kappa shape index (κ2) is 7.32. The van der Waals surface area contributed by atoms with Crippen LogP contribution in [0.25, 0.3) is 11.1 Å². The smallest absolute Gasteiger partial charge is 0.334 e. The molecule has 1 aromatic carbocycles. The lowest BCUT2D eigenvalue weighted by molar-refractivity contribution is -0.147. The van der Waals surface area contributed by atoms with Crippen molar-refractivity contribution in [3.8, 4) is 11.1 Å². The van der Waals surface area contributed by atoms with E-state index in [9.17, 15) is 9.90 Å². The molecule has 0 fully saturated rings. The van der Waals surface area contributed by atoms with Gasteiger partial charge in [-0.3, -0.25) is 4.68 Å². The molecule has 1 atom stereocenters. The second-order valence-corrected chi connectivity index (χ2v) is 6.04. The first kappa shape index (κ1) is 17.6. The number of nitrogens with zero attached hydrogens (tertiary/aromatic N) is 4. The third-order valence-electron chi connectivity index (χ3n) is 3.74. The molecule has 0 spiro atoms. The number of carboxylic acids is 1. The van der Waals surface area contributed by atoms with Crippen molar-refractivity contribution in [2.24, 2.45) is 0 Å². The number of carboxylic acid groups (broad SMARTS) is 1. The van der Waals surface area contributed by atoms with Crippen LogP contribution < -0.4 is 5.32 Å². The summed E-state index contributed by atoms with van der Waals surface area (Å²) < 4.78 is 1.41. The number of hydrogen-bond donors (Lipinski definition) is 3. The van der Waals surface area contributed by atoms with E-state index in [1.54, 1.807) is 18.6 Å². The normalized spacial score (nSPS) is 12.0. The predicted octanol–water partition coefficient (Wildman–Crippen LogP) is 2.15. The Morgan fingerprint density at radius 2 is 2.08 bits per heavy atom. The molecule has 0 amide bonds. The van der Waals surface area contributed by atoms with Crippen molar-refractivity contribution < 1.29 is 15.0 Å². The molecule has 0 unspecified atom stereocenters. The molecule has 8 heteroatoms. The summed E-state index contributed by atoms with van der Waals surface area (Å²) in [5, 5.41) is 25.5. The maximum Gasteiger partial charge on any atom is 0.334 e. The summed E-state index contributed by atoms with van der Waals surface area (Å²) in [6.45, 7) is 3.77. The third-order valence-corrected chi connectivity index (χ3v) is 3.74. The van der Waals surface area contributed by atoms with E-state index in [-0.39, 0.29) is 6.54 Å². The molecule has 3 aromatic rings. The molecular formula is C18H19N5O3. The Kier molecular flexibility index (Phi) is 4.94. The van der Waals surface area contributed by atoms with E-state index < -0.39 is 12.1 Å². The molecule has 134 valence electrons. The van der Waals surface area contributed by atoms with Gasteiger partial charge >= 0.3 is 5.97 Å². The largest absolute Gasteiger partial charge is 0.479 e. The SMILES string of the molecule is Cc1cc(Nc2nccc(C)n2)cc(-c2cnn(C[C@@H](O)C(=O)O)c2)c1. The molecule has 0 saturated heterocycles. The Morgan fingerprint density at radius 1 is 1.27 bits per heavy atom. The van der Waals surface area contributed by atoms with Gasteiger partial charge in [0, 0.05) is 29.3 Å². The monoisotopic (exact) mass is 353 g/mol. The number of aliphatic hydroxyl groups excluding tert-OH is 1. The minimum Gasteiger partial charge on any atom is -0.479 e. The number of carbonyl (C=O) groups is 1. The summed E-state index contributed by atoms with van der Waals surface area (Å²) in [6.07, 6.45) is 3.54. The van der Waals surface area contributed by atoms with Crippen LogP contribution in [0.3, 0.4) is 0 Å². The zero-order chi connectivity index (χ0) is 18.7. The van der Waals surface area contributed by atoms with Gasteiger partial charge in [-0.15, -0.1) is 0 Å². The fourth-order valence-corrected chi connectivity index (χ4v) is 2.53. The van der Waals surface area contributed by atoms with Gasteiger partial charge in [-0.2, -0.15) is 5.10 Å². The van der Waals surface area contributed by atoms with E-state index in [2.05, 4.69) is 20.4 Å². The summed E-state index contributed by atoms with van der Waals surface area (Å²) in [6, 6.07) is 7.74. The molecule has 0 bridgehead atoms. The molecular weight excluding hydrogens is 334 g/mol. The minimum atomic E-state index is -1.49. The zero-order valence-corrected chi connectivity index (χ0v) is 14.4. The van der Waals surface area contributed by atoms with Crippen LogP contribution in [-0.4, -0.2) is 42.0 Å². The predicted molar refractivity (Wildman–Crippen MR) is 96.1 cm³/mol. The van der Waals surface area contributed by atoms with E-state index in [1.807, 2.05) is 38.1 Å². The summed E-state index contributed by atoms with van der Waals surface area (Å²) in [4.78, 5) is 19.3. The van der Waals surface area contributed by atoms with Crippen molar-refractivity contribution in [2.75, 3.05) is 5.32 Å². The van der Waals surface area contributed by atoms with Crippen molar-refractivity contribution in [3.05, 3.63) is 54.1 Å². The lowest BCUT2D eigenvalue weighted by atomic mass is 10.1. The van der Waals surface area contributed by atoms with Gasteiger partial charge in [-0.1, -0.05) is 6.07 Å². The van der Waals surface area contributed by atoms with Gasteiger partial charge in [-0.05, 0) is 43.2 Å². The van der Waals surface area contributed by atoms with Gasteiger partial charge in [-0.25, -0.2) is 14.8 Å². The number of rotatable bonds is 6. The van der Waals surface area contributed by atoms with Crippen LogP contribution in [0.4, 0.5) is 11.6 Å². The van der Waals surface area contributed by atoms with Crippen LogP contribution in [0.5, 0.6) is 0 Å². The average molecular weight is 353 g/mol. The number of aliphatic carboxylic acids is 1. The highest BCUT2D eigenvalue weighted by Crippen LogP contribution is 2.25. The zero-order valence-electron chi connectivity index (χ0n) is 14.4. The summed E-state index contributed by atoms with van der Waals surface area (Å²) in [7, 11) is 0. The van der Waals surface area contributed by atoms with E-state index in [1.165, 1.54) is 4.68 Å². The Hall–Kier alpha value is -3.26. The number of aryl methyl sites for hydroxylation is 2. The number of aliphatic hydroxyl groups is 1. The molecule has 3 rings (SSSR count). The van der Waals surface area contributed by atoms with Gasteiger partial charge < -0.3 is 15.5 Å². The standard InChI is InChI=1S/C18H19N5O3/c1-11-5-13(14-8-20-23(9-14)10-16(24)17(25)26)7-15(6-11)22-18-19-4-3-12(2)21-18/h3-9,16,24H,10H2,1-2H3,(H,25,26)(H,19,21,22)/t16-/m1/s1. The topological polar surface area (TPSA) is 113 Å². The van der Waals surface area contributed by atoms with E-state index >= 15 is 0 Å². The Bertz CT molecular complexity index is 938. The molecule has 0 radical (unpaired) electrons. The van der Waals surface area contributed by atoms with E-state index in [4.69, 9.17) is 5.11 Å². The molecule has 26 heavy (non-hydrogen) atoms. The first-order valence-corrected chi connectivity index (χ1v) is 8.03. The Labute approximate surface area is 150 Å². The molecule has 2 aromatic heterocycles. The molecule has 0 aliphatic rings. The van der Waals surface area contributed by atoms with Crippen LogP contribution in [0.2, 0.25) is 0 Å². The highest BCUT2D eigenvalue weighted by molar-refractivity contribution is 5.72. The molecule has 3 N–H and O–H groups in total. The van der Waals surface area contributed by atoms with Gasteiger partial charge in [0.05, 0.1) is 12.7 Å². The maximum absolute atomic E-state index is 10.8. The van der Waals surface area contributed by atoms with E-state index in [0.29, 0.717) is 5.95 Å². The quantitative estimate of drug-likeness (QED) is 0.622. The van der Waals surface area contributed by atoms with Crippen molar-refractivity contribution in [3.63, 3.8) is 0 Å². The summed E-state index contributed by atoms with van der Waals surface area (Å²) >= 11 is 0. The van der Waals surface area contributed by atoms with Crippen molar-refractivity contribution in [2.45, 2.75) is 26.5 Å². The van der Waals surface area contributed by atoms with Gasteiger partial charge in [0.1, 0.15) is 0 Å². The van der Waals surface area contributed by atoms with Crippen LogP contribution in [0.1, 0.15) is 11.3 Å². The Morgan fingerprint density at radius 3 is 2.81 bits per heavy atom. The fraction of sp³-hybridized carbons (Fsp3) is 0.222. The highest BCUT2D eigenvalue weighted by atomic mass is 16.4. The number of nitrogens with one attached hydrogen (secondary N) is 1.